The van der Waals surface area contributed by atoms with Crippen LogP contribution >= 0.6 is 11.8 Å². The van der Waals surface area contributed by atoms with Crippen molar-refractivity contribution in [2.24, 2.45) is 4.99 Å². The number of piperidine rings is 1. The Bertz CT molecular complexity index is 599. The van der Waals surface area contributed by atoms with Crippen LogP contribution in [0.25, 0.3) is 0 Å². The molecule has 1 fully saturated rings. The Kier molecular flexibility index (Phi) is 9.31. The fourth-order valence-electron chi connectivity index (χ4n) is 2.93. The molecule has 0 unspecified atom stereocenters. The number of aliphatic imine (C=N–C) groups is 1. The van der Waals surface area contributed by atoms with Crippen LogP contribution in [0.4, 0.5) is 4.79 Å². The second-order valence-electron chi connectivity index (χ2n) is 6.64. The van der Waals surface area contributed by atoms with Crippen molar-refractivity contribution in [1.29, 1.82) is 0 Å². The van der Waals surface area contributed by atoms with Crippen molar-refractivity contribution in [3.05, 3.63) is 35.4 Å². The molecule has 0 aromatic heterocycles. The summed E-state index contributed by atoms with van der Waals surface area (Å²) in [5, 5.41) is 6.84. The van der Waals surface area contributed by atoms with Gasteiger partial charge in [0, 0.05) is 44.2 Å². The molecule has 2 N–H and O–H groups in total. The fourth-order valence-corrected chi connectivity index (χ4v) is 3.74. The van der Waals surface area contributed by atoms with E-state index in [9.17, 15) is 4.79 Å². The van der Waals surface area contributed by atoms with E-state index >= 15 is 0 Å². The number of carbonyl (C=O) groups excluding carboxylic acids is 1. The Hall–Kier alpha value is -1.89. The average molecular weight is 393 g/mol. The number of guanidine groups is 1. The van der Waals surface area contributed by atoms with E-state index in [0.29, 0.717) is 12.6 Å². The van der Waals surface area contributed by atoms with E-state index in [2.05, 4.69) is 46.8 Å². The molecule has 0 bridgehead atoms. The minimum atomic E-state index is -0.205. The summed E-state index contributed by atoms with van der Waals surface area (Å²) in [6.45, 7) is 6.69. The first-order valence-corrected chi connectivity index (χ1v) is 10.8. The van der Waals surface area contributed by atoms with Gasteiger partial charge in [-0.1, -0.05) is 29.8 Å². The Morgan fingerprint density at radius 3 is 2.63 bits per heavy atom. The Morgan fingerprint density at radius 1 is 1.30 bits per heavy atom. The van der Waals surface area contributed by atoms with Crippen molar-refractivity contribution in [3.63, 3.8) is 0 Å². The van der Waals surface area contributed by atoms with Crippen LogP contribution in [0.2, 0.25) is 0 Å². The number of thioether (sulfide) groups is 1. The number of carbonyl (C=O) groups is 1. The standard InChI is InChI=1S/C20H32N4O2S/c1-4-26-20(25)24-12-9-18(10-13-24)23-19(21-3)22-11-14-27-15-17-7-5-16(2)6-8-17/h5-8,18H,4,9-15H2,1-3H3,(H2,21,22,23). The number of ether oxygens (including phenoxy) is 1. The summed E-state index contributed by atoms with van der Waals surface area (Å²) >= 11 is 1.92. The molecule has 1 saturated heterocycles. The Balaban J connectivity index is 1.60. The number of nitrogens with zero attached hydrogens (tertiary/aromatic N) is 2. The van der Waals surface area contributed by atoms with E-state index in [1.807, 2.05) is 18.7 Å². The van der Waals surface area contributed by atoms with Crippen LogP contribution in [0.1, 0.15) is 30.9 Å². The quantitative estimate of drug-likeness (QED) is 0.424. The number of nitrogens with one attached hydrogen (secondary N) is 2. The van der Waals surface area contributed by atoms with E-state index in [-0.39, 0.29) is 6.09 Å². The van der Waals surface area contributed by atoms with Crippen LogP contribution in [0, 0.1) is 6.92 Å². The molecule has 0 atom stereocenters. The van der Waals surface area contributed by atoms with Crippen molar-refractivity contribution < 1.29 is 9.53 Å². The lowest BCUT2D eigenvalue weighted by Gasteiger charge is -2.32. The highest BCUT2D eigenvalue weighted by atomic mass is 32.2. The summed E-state index contributed by atoms with van der Waals surface area (Å²) in [6.07, 6.45) is 1.60. The maximum atomic E-state index is 11.8. The predicted molar refractivity (Wildman–Crippen MR) is 113 cm³/mol. The van der Waals surface area contributed by atoms with Gasteiger partial charge in [0.25, 0.3) is 0 Å². The third-order valence-electron chi connectivity index (χ3n) is 4.51. The van der Waals surface area contributed by atoms with Crippen molar-refractivity contribution in [3.8, 4) is 0 Å². The molecule has 150 valence electrons. The number of likely N-dealkylation sites (tertiary alicyclic amines) is 1. The second-order valence-corrected chi connectivity index (χ2v) is 7.75. The number of amides is 1. The molecule has 1 aliphatic heterocycles. The summed E-state index contributed by atoms with van der Waals surface area (Å²) in [5.74, 6) is 2.89. The number of hydrogen-bond donors (Lipinski definition) is 2. The summed E-state index contributed by atoms with van der Waals surface area (Å²) in [7, 11) is 1.79. The monoisotopic (exact) mass is 392 g/mol. The van der Waals surface area contributed by atoms with Gasteiger partial charge in [-0.25, -0.2) is 4.79 Å². The van der Waals surface area contributed by atoms with Crippen LogP contribution in [0.3, 0.4) is 0 Å². The molecule has 2 rings (SSSR count). The second kappa shape index (κ2) is 11.7. The van der Waals surface area contributed by atoms with Gasteiger partial charge < -0.3 is 20.3 Å². The summed E-state index contributed by atoms with van der Waals surface area (Å²) in [6, 6.07) is 9.04. The van der Waals surface area contributed by atoms with Gasteiger partial charge in [-0.15, -0.1) is 0 Å². The SMILES string of the molecule is CCOC(=O)N1CCC(NC(=NC)NCCSCc2ccc(C)cc2)CC1. The van der Waals surface area contributed by atoms with Gasteiger partial charge in [-0.3, -0.25) is 4.99 Å². The molecule has 7 heteroatoms. The first kappa shape index (κ1) is 21.4. The first-order valence-electron chi connectivity index (χ1n) is 9.64. The molecule has 6 nitrogen and oxygen atoms in total. The maximum absolute atomic E-state index is 11.8. The molecule has 0 aliphatic carbocycles. The number of hydrogen-bond acceptors (Lipinski definition) is 4. The zero-order valence-electron chi connectivity index (χ0n) is 16.7. The van der Waals surface area contributed by atoms with Gasteiger partial charge >= 0.3 is 6.09 Å². The van der Waals surface area contributed by atoms with E-state index in [4.69, 9.17) is 4.74 Å². The van der Waals surface area contributed by atoms with Crippen molar-refractivity contribution in [1.82, 2.24) is 15.5 Å². The average Bonchev–Trinajstić information content (AvgIpc) is 2.69. The minimum Gasteiger partial charge on any atom is -0.450 e. The lowest BCUT2D eigenvalue weighted by atomic mass is 10.1. The van der Waals surface area contributed by atoms with E-state index in [1.54, 1.807) is 11.9 Å². The van der Waals surface area contributed by atoms with Crippen LogP contribution in [-0.2, 0) is 10.5 Å². The van der Waals surface area contributed by atoms with Crippen LogP contribution in [-0.4, -0.2) is 62.0 Å². The molecule has 1 heterocycles. The smallest absolute Gasteiger partial charge is 0.409 e. The third-order valence-corrected chi connectivity index (χ3v) is 5.54. The maximum Gasteiger partial charge on any atom is 0.409 e. The summed E-state index contributed by atoms with van der Waals surface area (Å²) < 4.78 is 5.06. The van der Waals surface area contributed by atoms with Crippen molar-refractivity contribution >= 4 is 23.8 Å². The van der Waals surface area contributed by atoms with Crippen LogP contribution in [0.5, 0.6) is 0 Å². The molecule has 1 aromatic carbocycles. The minimum absolute atomic E-state index is 0.205. The molecule has 1 amide bonds. The van der Waals surface area contributed by atoms with Gasteiger partial charge in [-0.05, 0) is 32.3 Å². The molecule has 27 heavy (non-hydrogen) atoms. The molecule has 1 aliphatic rings. The topological polar surface area (TPSA) is 66.0 Å². The van der Waals surface area contributed by atoms with Gasteiger partial charge in [0.15, 0.2) is 5.96 Å². The van der Waals surface area contributed by atoms with E-state index < -0.39 is 0 Å². The predicted octanol–water partition coefficient (Wildman–Crippen LogP) is 3.01. The Labute approximate surface area is 167 Å². The highest BCUT2D eigenvalue weighted by molar-refractivity contribution is 7.98. The first-order chi connectivity index (χ1) is 13.1. The largest absolute Gasteiger partial charge is 0.450 e. The molecular formula is C20H32N4O2S. The van der Waals surface area contributed by atoms with Gasteiger partial charge in [0.1, 0.15) is 0 Å². The summed E-state index contributed by atoms with van der Waals surface area (Å²) in [5.41, 5.74) is 2.66. The lowest BCUT2D eigenvalue weighted by Crippen LogP contribution is -2.50. The summed E-state index contributed by atoms with van der Waals surface area (Å²) in [4.78, 5) is 17.8. The van der Waals surface area contributed by atoms with Crippen molar-refractivity contribution in [2.45, 2.75) is 38.5 Å². The molecule has 0 saturated carbocycles. The third kappa shape index (κ3) is 7.71. The number of benzene rings is 1. The number of aryl methyl sites for hydroxylation is 1. The van der Waals surface area contributed by atoms with Crippen LogP contribution in [0.15, 0.2) is 29.3 Å². The normalized spacial score (nSPS) is 15.5. The Morgan fingerprint density at radius 2 is 2.00 bits per heavy atom. The molecule has 0 radical (unpaired) electrons. The van der Waals surface area contributed by atoms with Crippen molar-refractivity contribution in [2.75, 3.05) is 39.0 Å². The van der Waals surface area contributed by atoms with Gasteiger partial charge in [-0.2, -0.15) is 11.8 Å². The highest BCUT2D eigenvalue weighted by Gasteiger charge is 2.23. The lowest BCUT2D eigenvalue weighted by molar-refractivity contribution is 0.0963. The number of rotatable bonds is 7. The fraction of sp³-hybridized carbons (Fsp3) is 0.600. The van der Waals surface area contributed by atoms with Gasteiger partial charge in [0.05, 0.1) is 6.61 Å². The van der Waals surface area contributed by atoms with E-state index in [1.165, 1.54) is 11.1 Å². The molecule has 1 aromatic rings. The molecular weight excluding hydrogens is 360 g/mol. The molecule has 0 spiro atoms. The highest BCUT2D eigenvalue weighted by Crippen LogP contribution is 2.13. The van der Waals surface area contributed by atoms with Gasteiger partial charge in [0.2, 0.25) is 0 Å². The van der Waals surface area contributed by atoms with Crippen LogP contribution < -0.4 is 10.6 Å². The van der Waals surface area contributed by atoms with E-state index in [0.717, 1.165) is 49.9 Å². The zero-order chi connectivity index (χ0) is 19.5. The zero-order valence-corrected chi connectivity index (χ0v) is 17.5.